The van der Waals surface area contributed by atoms with Gasteiger partial charge in [-0.1, -0.05) is 17.7 Å². The number of hydrogen-bond donors (Lipinski definition) is 4. The van der Waals surface area contributed by atoms with Crippen LogP contribution in [0, 0.1) is 0 Å². The summed E-state index contributed by atoms with van der Waals surface area (Å²) in [7, 11) is 0. The Labute approximate surface area is 158 Å². The third-order valence-corrected chi connectivity index (χ3v) is 4.00. The van der Waals surface area contributed by atoms with Crippen molar-refractivity contribution in [3.05, 3.63) is 34.4 Å². The van der Waals surface area contributed by atoms with Crippen molar-refractivity contribution in [3.63, 3.8) is 0 Å². The monoisotopic (exact) mass is 408 g/mol. The van der Waals surface area contributed by atoms with Crippen molar-refractivity contribution in [1.82, 2.24) is 20.5 Å². The lowest BCUT2D eigenvalue weighted by molar-refractivity contribution is -0.127. The molecule has 0 aliphatic carbocycles. The molecule has 0 atom stereocenters. The number of H-pyrrole nitrogens is 1. The first-order valence-electron chi connectivity index (χ1n) is 7.56. The topological polar surface area (TPSA) is 91.7 Å². The van der Waals surface area contributed by atoms with Crippen molar-refractivity contribution in [2.45, 2.75) is 19.0 Å². The molecule has 1 aromatic heterocycles. The zero-order chi connectivity index (χ0) is 18.0. The van der Waals surface area contributed by atoms with Crippen molar-refractivity contribution in [2.75, 3.05) is 24.1 Å². The van der Waals surface area contributed by atoms with Gasteiger partial charge < -0.3 is 16.4 Å². The molecule has 1 aliphatic heterocycles. The molecular formula is C15H17Cl2F3N6. The Morgan fingerprint density at radius 1 is 1.31 bits per heavy atom. The van der Waals surface area contributed by atoms with Crippen LogP contribution in [-0.2, 0) is 6.42 Å². The van der Waals surface area contributed by atoms with Gasteiger partial charge in [0.2, 0.25) is 11.9 Å². The number of hydrogen-bond acceptors (Lipinski definition) is 5. The second-order valence-electron chi connectivity index (χ2n) is 5.64. The van der Waals surface area contributed by atoms with E-state index in [1.807, 2.05) is 6.08 Å². The van der Waals surface area contributed by atoms with Crippen LogP contribution in [0.4, 0.5) is 30.8 Å². The molecule has 0 bridgehead atoms. The Balaban J connectivity index is 0.00000243. The smallest absolute Gasteiger partial charge is 0.368 e. The number of benzene rings is 1. The summed E-state index contributed by atoms with van der Waals surface area (Å²) in [6.07, 6.45) is -2.93. The van der Waals surface area contributed by atoms with E-state index in [0.717, 1.165) is 5.57 Å². The second kappa shape index (κ2) is 8.15. The Morgan fingerprint density at radius 3 is 2.65 bits per heavy atom. The van der Waals surface area contributed by atoms with E-state index in [-0.39, 0.29) is 34.9 Å². The fourth-order valence-corrected chi connectivity index (χ4v) is 3.12. The van der Waals surface area contributed by atoms with Crippen molar-refractivity contribution >= 4 is 47.2 Å². The van der Waals surface area contributed by atoms with Crippen LogP contribution in [-0.4, -0.2) is 34.4 Å². The molecule has 0 saturated carbocycles. The fourth-order valence-electron chi connectivity index (χ4n) is 2.76. The van der Waals surface area contributed by atoms with Crippen molar-refractivity contribution in [3.8, 4) is 0 Å². The molecule has 26 heavy (non-hydrogen) atoms. The maximum absolute atomic E-state index is 13.0. The van der Waals surface area contributed by atoms with E-state index in [0.29, 0.717) is 30.8 Å². The second-order valence-corrected chi connectivity index (χ2v) is 6.04. The summed E-state index contributed by atoms with van der Waals surface area (Å²) in [4.78, 5) is 3.87. The molecule has 0 spiro atoms. The van der Waals surface area contributed by atoms with E-state index < -0.39 is 12.6 Å². The quantitative estimate of drug-likeness (QED) is 0.619. The van der Waals surface area contributed by atoms with E-state index >= 15 is 0 Å². The SMILES string of the molecule is Cl.Nc1nc(Nc2cc(Cl)c(C3=CCNCC3)c(CC(F)(F)F)c2)n[nH]1. The fraction of sp³-hybridized carbons (Fsp3) is 0.333. The van der Waals surface area contributed by atoms with E-state index in [1.165, 1.54) is 6.07 Å². The van der Waals surface area contributed by atoms with Crippen molar-refractivity contribution in [2.24, 2.45) is 0 Å². The Kier molecular flexibility index (Phi) is 6.38. The lowest BCUT2D eigenvalue weighted by Gasteiger charge is -2.21. The summed E-state index contributed by atoms with van der Waals surface area (Å²) in [6, 6.07) is 2.98. The van der Waals surface area contributed by atoms with Gasteiger partial charge in [-0.05, 0) is 41.8 Å². The molecule has 0 unspecified atom stereocenters. The number of nitrogens with zero attached hydrogens (tertiary/aromatic N) is 2. The van der Waals surface area contributed by atoms with Crippen LogP contribution in [0.1, 0.15) is 17.5 Å². The van der Waals surface area contributed by atoms with Crippen LogP contribution in [0.15, 0.2) is 18.2 Å². The molecule has 2 heterocycles. The number of nitrogens with one attached hydrogen (secondary N) is 3. The summed E-state index contributed by atoms with van der Waals surface area (Å²) in [5.74, 6) is 0.251. The highest BCUT2D eigenvalue weighted by molar-refractivity contribution is 6.32. The van der Waals surface area contributed by atoms with Crippen LogP contribution in [0.25, 0.3) is 5.57 Å². The number of rotatable bonds is 4. The summed E-state index contributed by atoms with van der Waals surface area (Å²) in [6.45, 7) is 1.30. The molecule has 0 amide bonds. The summed E-state index contributed by atoms with van der Waals surface area (Å²) >= 11 is 6.33. The molecule has 3 rings (SSSR count). The molecule has 1 aromatic carbocycles. The average Bonchev–Trinajstić information content (AvgIpc) is 2.91. The highest BCUT2D eigenvalue weighted by Gasteiger charge is 2.30. The maximum Gasteiger partial charge on any atom is 0.393 e. The number of aromatic amines is 1. The van der Waals surface area contributed by atoms with Gasteiger partial charge in [-0.15, -0.1) is 17.5 Å². The van der Waals surface area contributed by atoms with Gasteiger partial charge in [0.1, 0.15) is 0 Å². The number of halogens is 5. The summed E-state index contributed by atoms with van der Waals surface area (Å²) < 4.78 is 39.1. The van der Waals surface area contributed by atoms with Crippen LogP contribution in [0.2, 0.25) is 5.02 Å². The van der Waals surface area contributed by atoms with Gasteiger partial charge in [0, 0.05) is 12.2 Å². The first-order valence-corrected chi connectivity index (χ1v) is 7.94. The predicted octanol–water partition coefficient (Wildman–Crippen LogP) is 3.69. The van der Waals surface area contributed by atoms with E-state index in [4.69, 9.17) is 17.3 Å². The first-order chi connectivity index (χ1) is 11.8. The van der Waals surface area contributed by atoms with Gasteiger partial charge in [0.15, 0.2) is 0 Å². The normalized spacial score (nSPS) is 14.5. The van der Waals surface area contributed by atoms with E-state index in [9.17, 15) is 13.2 Å². The molecule has 0 radical (unpaired) electrons. The van der Waals surface area contributed by atoms with Gasteiger partial charge in [0.25, 0.3) is 0 Å². The molecule has 6 nitrogen and oxygen atoms in total. The van der Waals surface area contributed by atoms with Crippen molar-refractivity contribution in [1.29, 1.82) is 0 Å². The highest BCUT2D eigenvalue weighted by Crippen LogP contribution is 2.36. The van der Waals surface area contributed by atoms with E-state index in [2.05, 4.69) is 25.8 Å². The van der Waals surface area contributed by atoms with Crippen LogP contribution >= 0.6 is 24.0 Å². The predicted molar refractivity (Wildman–Crippen MR) is 98.0 cm³/mol. The third kappa shape index (κ3) is 5.03. The van der Waals surface area contributed by atoms with Gasteiger partial charge in [-0.3, -0.25) is 0 Å². The molecule has 5 N–H and O–H groups in total. The standard InChI is InChI=1S/C15H16ClF3N6.ClH/c16-11-6-10(22-14-23-13(20)24-25-14)5-9(7-15(17,18)19)12(11)8-1-3-21-4-2-8;/h1,5-6,21H,2-4,7H2,(H4,20,22,23,24,25);1H. The number of alkyl halides is 3. The summed E-state index contributed by atoms with van der Waals surface area (Å²) in [5.41, 5.74) is 7.17. The van der Waals surface area contributed by atoms with Gasteiger partial charge in [-0.2, -0.15) is 18.2 Å². The zero-order valence-corrected chi connectivity index (χ0v) is 15.0. The van der Waals surface area contributed by atoms with Crippen molar-refractivity contribution < 1.29 is 13.2 Å². The average molecular weight is 409 g/mol. The number of aromatic nitrogens is 3. The molecule has 2 aromatic rings. The van der Waals surface area contributed by atoms with Crippen LogP contribution in [0.5, 0.6) is 0 Å². The number of nitrogen functional groups attached to an aromatic ring is 1. The molecule has 142 valence electrons. The molecule has 0 fully saturated rings. The van der Waals surface area contributed by atoms with Crippen LogP contribution in [0.3, 0.4) is 0 Å². The molecule has 11 heteroatoms. The minimum atomic E-state index is -4.35. The Bertz CT molecular complexity index is 803. The largest absolute Gasteiger partial charge is 0.393 e. The lowest BCUT2D eigenvalue weighted by atomic mass is 9.93. The van der Waals surface area contributed by atoms with E-state index in [1.54, 1.807) is 6.07 Å². The third-order valence-electron chi connectivity index (χ3n) is 3.71. The Hall–Kier alpha value is -1.97. The lowest BCUT2D eigenvalue weighted by Crippen LogP contribution is -2.21. The molecule has 0 saturated heterocycles. The Morgan fingerprint density at radius 2 is 2.08 bits per heavy atom. The zero-order valence-electron chi connectivity index (χ0n) is 13.5. The molecular weight excluding hydrogens is 392 g/mol. The summed E-state index contributed by atoms with van der Waals surface area (Å²) in [5, 5.41) is 12.4. The van der Waals surface area contributed by atoms with Gasteiger partial charge in [0.05, 0.1) is 11.4 Å². The highest BCUT2D eigenvalue weighted by atomic mass is 35.5. The van der Waals surface area contributed by atoms with Gasteiger partial charge in [-0.25, -0.2) is 5.10 Å². The van der Waals surface area contributed by atoms with Crippen LogP contribution < -0.4 is 16.4 Å². The minimum Gasteiger partial charge on any atom is -0.368 e. The minimum absolute atomic E-state index is 0. The van der Waals surface area contributed by atoms with Gasteiger partial charge >= 0.3 is 6.18 Å². The first kappa shape index (κ1) is 20.3. The maximum atomic E-state index is 13.0. The number of anilines is 3. The molecule has 1 aliphatic rings. The number of nitrogens with two attached hydrogens (primary N) is 1.